The van der Waals surface area contributed by atoms with E-state index in [1.165, 1.54) is 0 Å². The standard InChI is InChI=1S/C7H3F3N2S/c8-7(9,10)5-2-1-4(3-11)6(13)12-5/h1-2H,(H,12,13). The molecule has 0 saturated heterocycles. The maximum Gasteiger partial charge on any atom is 0.433 e. The van der Waals surface area contributed by atoms with Crippen LogP contribution in [0.15, 0.2) is 17.2 Å². The highest BCUT2D eigenvalue weighted by atomic mass is 32.1. The average molecular weight is 204 g/mol. The maximum absolute atomic E-state index is 12.0. The van der Waals surface area contributed by atoms with Crippen molar-refractivity contribution in [1.29, 1.82) is 5.26 Å². The molecule has 6 heteroatoms. The van der Waals surface area contributed by atoms with Crippen molar-refractivity contribution in [3.8, 4) is 6.07 Å². The van der Waals surface area contributed by atoms with Crippen LogP contribution in [0.1, 0.15) is 11.3 Å². The molecule has 0 amide bonds. The lowest BCUT2D eigenvalue weighted by atomic mass is 10.2. The van der Waals surface area contributed by atoms with Gasteiger partial charge in [0.2, 0.25) is 0 Å². The third-order valence-corrected chi connectivity index (χ3v) is 1.63. The molecule has 0 atom stereocenters. The summed E-state index contributed by atoms with van der Waals surface area (Å²) in [5, 5.41) is 8.18. The normalized spacial score (nSPS) is 11.0. The van der Waals surface area contributed by atoms with Crippen LogP contribution in [0, 0.1) is 11.3 Å². The second kappa shape index (κ2) is 3.26. The summed E-state index contributed by atoms with van der Waals surface area (Å²) in [5.41, 5.74) is -1.02. The van der Waals surface area contributed by atoms with E-state index in [1.807, 2.05) is 0 Å². The summed E-state index contributed by atoms with van der Waals surface area (Å²) in [6.07, 6.45) is -4.49. The van der Waals surface area contributed by atoms with E-state index in [9.17, 15) is 13.2 Å². The molecule has 0 aliphatic heterocycles. The number of nitrogens with zero attached hydrogens (tertiary/aromatic N) is 2. The molecule has 0 aliphatic rings. The largest absolute Gasteiger partial charge is 0.433 e. The number of thiol groups is 1. The van der Waals surface area contributed by atoms with Crippen molar-refractivity contribution in [3.05, 3.63) is 23.4 Å². The number of halogens is 3. The topological polar surface area (TPSA) is 36.7 Å². The Bertz CT molecular complexity index is 367. The molecule has 2 nitrogen and oxygen atoms in total. The third-order valence-electron chi connectivity index (χ3n) is 1.29. The predicted molar refractivity (Wildman–Crippen MR) is 41.2 cm³/mol. The molecular weight excluding hydrogens is 201 g/mol. The molecule has 68 valence electrons. The minimum Gasteiger partial charge on any atom is -0.236 e. The fourth-order valence-electron chi connectivity index (χ4n) is 0.694. The molecule has 13 heavy (non-hydrogen) atoms. The van der Waals surface area contributed by atoms with Gasteiger partial charge in [0, 0.05) is 0 Å². The lowest BCUT2D eigenvalue weighted by molar-refractivity contribution is -0.141. The summed E-state index contributed by atoms with van der Waals surface area (Å²) in [6, 6.07) is 3.46. The van der Waals surface area contributed by atoms with Gasteiger partial charge in [0.1, 0.15) is 16.8 Å². The summed E-state index contributed by atoms with van der Waals surface area (Å²) in [7, 11) is 0. The van der Waals surface area contributed by atoms with Crippen molar-refractivity contribution in [2.45, 2.75) is 11.2 Å². The van der Waals surface area contributed by atoms with E-state index < -0.39 is 11.9 Å². The monoisotopic (exact) mass is 204 g/mol. The van der Waals surface area contributed by atoms with E-state index in [4.69, 9.17) is 5.26 Å². The molecule has 0 unspecified atom stereocenters. The molecule has 0 radical (unpaired) electrons. The first-order valence-electron chi connectivity index (χ1n) is 3.12. The number of aromatic nitrogens is 1. The number of hydrogen-bond donors (Lipinski definition) is 1. The second-order valence-electron chi connectivity index (χ2n) is 2.18. The average Bonchev–Trinajstić information content (AvgIpc) is 2.02. The number of nitriles is 1. The van der Waals surface area contributed by atoms with Crippen LogP contribution in [-0.2, 0) is 6.18 Å². The number of hydrogen-bond acceptors (Lipinski definition) is 3. The first-order valence-corrected chi connectivity index (χ1v) is 3.57. The molecule has 0 spiro atoms. The van der Waals surface area contributed by atoms with E-state index in [1.54, 1.807) is 6.07 Å². The van der Waals surface area contributed by atoms with Gasteiger partial charge in [-0.3, -0.25) is 0 Å². The van der Waals surface area contributed by atoms with Gasteiger partial charge in [-0.25, -0.2) is 4.98 Å². The summed E-state index contributed by atoms with van der Waals surface area (Å²) in [6.45, 7) is 0. The minimum absolute atomic E-state index is 0.0244. The van der Waals surface area contributed by atoms with Crippen LogP contribution in [0.2, 0.25) is 0 Å². The number of alkyl halides is 3. The lowest BCUT2D eigenvalue weighted by Crippen LogP contribution is -2.08. The molecule has 0 bridgehead atoms. The van der Waals surface area contributed by atoms with E-state index in [0.29, 0.717) is 0 Å². The van der Waals surface area contributed by atoms with Gasteiger partial charge in [-0.15, -0.1) is 12.6 Å². The van der Waals surface area contributed by atoms with Gasteiger partial charge >= 0.3 is 6.18 Å². The number of rotatable bonds is 0. The van der Waals surface area contributed by atoms with Crippen LogP contribution in [0.25, 0.3) is 0 Å². The Kier molecular flexibility index (Phi) is 2.48. The molecule has 1 aromatic heterocycles. The molecule has 1 aromatic rings. The second-order valence-corrected chi connectivity index (χ2v) is 2.60. The summed E-state index contributed by atoms with van der Waals surface area (Å²) in [5.74, 6) is 0. The highest BCUT2D eigenvalue weighted by molar-refractivity contribution is 7.80. The van der Waals surface area contributed by atoms with Gasteiger partial charge in [0.15, 0.2) is 0 Å². The molecule has 0 aromatic carbocycles. The Morgan fingerprint density at radius 3 is 2.38 bits per heavy atom. The van der Waals surface area contributed by atoms with Crippen molar-refractivity contribution >= 4 is 12.6 Å². The summed E-state index contributed by atoms with van der Waals surface area (Å²) >= 11 is 3.65. The maximum atomic E-state index is 12.0. The predicted octanol–water partition coefficient (Wildman–Crippen LogP) is 2.26. The van der Waals surface area contributed by atoms with Gasteiger partial charge in [0.05, 0.1) is 5.56 Å². The SMILES string of the molecule is N#Cc1ccc(C(F)(F)F)nc1S. The van der Waals surface area contributed by atoms with Crippen LogP contribution in [0.5, 0.6) is 0 Å². The Morgan fingerprint density at radius 2 is 2.00 bits per heavy atom. The minimum atomic E-state index is -4.49. The molecular formula is C7H3F3N2S. The molecule has 0 N–H and O–H groups in total. The highest BCUT2D eigenvalue weighted by Crippen LogP contribution is 2.28. The zero-order valence-electron chi connectivity index (χ0n) is 6.13. The fraction of sp³-hybridized carbons (Fsp3) is 0.143. The van der Waals surface area contributed by atoms with Crippen LogP contribution < -0.4 is 0 Å². The van der Waals surface area contributed by atoms with Crippen LogP contribution >= 0.6 is 12.6 Å². The molecule has 0 aliphatic carbocycles. The quantitative estimate of drug-likeness (QED) is 0.658. The smallest absolute Gasteiger partial charge is 0.236 e. The highest BCUT2D eigenvalue weighted by Gasteiger charge is 2.32. The molecule has 1 heterocycles. The first kappa shape index (κ1) is 9.86. The Morgan fingerprint density at radius 1 is 1.38 bits per heavy atom. The zero-order valence-corrected chi connectivity index (χ0v) is 7.02. The Hall–Kier alpha value is -1.22. The van der Waals surface area contributed by atoms with E-state index in [0.717, 1.165) is 12.1 Å². The lowest BCUT2D eigenvalue weighted by Gasteiger charge is -2.05. The van der Waals surface area contributed by atoms with Crippen LogP contribution in [0.3, 0.4) is 0 Å². The van der Waals surface area contributed by atoms with Crippen molar-refractivity contribution in [1.82, 2.24) is 4.98 Å². The van der Waals surface area contributed by atoms with Crippen molar-refractivity contribution in [2.75, 3.05) is 0 Å². The van der Waals surface area contributed by atoms with E-state index >= 15 is 0 Å². The van der Waals surface area contributed by atoms with Crippen molar-refractivity contribution in [3.63, 3.8) is 0 Å². The zero-order chi connectivity index (χ0) is 10.1. The summed E-state index contributed by atoms with van der Waals surface area (Å²) < 4.78 is 36.1. The van der Waals surface area contributed by atoms with Gasteiger partial charge in [0.25, 0.3) is 0 Å². The van der Waals surface area contributed by atoms with Crippen LogP contribution in [0.4, 0.5) is 13.2 Å². The molecule has 0 fully saturated rings. The Labute approximate surface area is 77.4 Å². The summed E-state index contributed by atoms with van der Waals surface area (Å²) in [4.78, 5) is 3.13. The van der Waals surface area contributed by atoms with Crippen LogP contribution in [-0.4, -0.2) is 4.98 Å². The van der Waals surface area contributed by atoms with Crippen molar-refractivity contribution < 1.29 is 13.2 Å². The first-order chi connectivity index (χ1) is 5.95. The van der Waals surface area contributed by atoms with Gasteiger partial charge in [-0.2, -0.15) is 18.4 Å². The van der Waals surface area contributed by atoms with E-state index in [2.05, 4.69) is 17.6 Å². The van der Waals surface area contributed by atoms with Crippen molar-refractivity contribution in [2.24, 2.45) is 0 Å². The third kappa shape index (κ3) is 2.12. The Balaban J connectivity index is 3.20. The van der Waals surface area contributed by atoms with Gasteiger partial charge < -0.3 is 0 Å². The van der Waals surface area contributed by atoms with Gasteiger partial charge in [-0.05, 0) is 12.1 Å². The fourth-order valence-corrected chi connectivity index (χ4v) is 0.926. The molecule has 0 saturated carbocycles. The number of pyridine rings is 1. The molecule has 1 rings (SSSR count). The van der Waals surface area contributed by atoms with E-state index in [-0.39, 0.29) is 10.6 Å². The van der Waals surface area contributed by atoms with Gasteiger partial charge in [-0.1, -0.05) is 0 Å².